The van der Waals surface area contributed by atoms with Crippen LogP contribution in [0, 0.1) is 0 Å². The second-order valence-corrected chi connectivity index (χ2v) is 1.64. The summed E-state index contributed by atoms with van der Waals surface area (Å²) in [6.07, 6.45) is 1.42. The SMILES string of the molecule is C[B]NC(=O)c1ccno1. The summed E-state index contributed by atoms with van der Waals surface area (Å²) in [5, 5.41) is 5.83. The first-order valence-electron chi connectivity index (χ1n) is 2.84. The maximum absolute atomic E-state index is 10.8. The molecular formula is C5H6BN2O2. The van der Waals surface area contributed by atoms with Gasteiger partial charge in [-0.15, -0.1) is 0 Å². The topological polar surface area (TPSA) is 55.1 Å². The third-order valence-corrected chi connectivity index (χ3v) is 0.937. The van der Waals surface area contributed by atoms with E-state index in [1.807, 2.05) is 0 Å². The van der Waals surface area contributed by atoms with Crippen molar-refractivity contribution in [3.63, 3.8) is 0 Å². The van der Waals surface area contributed by atoms with E-state index in [-0.39, 0.29) is 11.7 Å². The van der Waals surface area contributed by atoms with Gasteiger partial charge in [0, 0.05) is 6.07 Å². The molecule has 5 heteroatoms. The fourth-order valence-corrected chi connectivity index (χ4v) is 0.535. The molecule has 0 bridgehead atoms. The van der Waals surface area contributed by atoms with E-state index in [1.165, 1.54) is 19.7 Å². The van der Waals surface area contributed by atoms with Crippen LogP contribution in [0.2, 0.25) is 6.82 Å². The average molecular weight is 137 g/mol. The van der Waals surface area contributed by atoms with Crippen LogP contribution in [0.3, 0.4) is 0 Å². The summed E-state index contributed by atoms with van der Waals surface area (Å²) in [4.78, 5) is 10.8. The second kappa shape index (κ2) is 3.05. The zero-order chi connectivity index (χ0) is 7.40. The summed E-state index contributed by atoms with van der Waals surface area (Å²) < 4.78 is 4.57. The summed E-state index contributed by atoms with van der Waals surface area (Å²) in [5.74, 6) is -0.0573. The van der Waals surface area contributed by atoms with Gasteiger partial charge in [0.25, 0.3) is 5.91 Å². The lowest BCUT2D eigenvalue weighted by molar-refractivity contribution is 0.0944. The number of carbonyl (C=O) groups excluding carboxylic acids is 1. The Kier molecular flexibility index (Phi) is 2.09. The lowest BCUT2D eigenvalue weighted by Crippen LogP contribution is -2.24. The first-order chi connectivity index (χ1) is 4.84. The predicted octanol–water partition coefficient (Wildman–Crippen LogP) is 0.0717. The summed E-state index contributed by atoms with van der Waals surface area (Å²) in [5.41, 5.74) is 0. The molecule has 0 unspecified atom stereocenters. The number of hydrogen-bond donors (Lipinski definition) is 1. The van der Waals surface area contributed by atoms with Gasteiger partial charge in [0.05, 0.1) is 6.20 Å². The minimum absolute atomic E-state index is 0.220. The molecule has 0 aliphatic carbocycles. The third kappa shape index (κ3) is 1.37. The number of amides is 1. The Hall–Kier alpha value is -1.26. The van der Waals surface area contributed by atoms with Crippen LogP contribution in [0.1, 0.15) is 10.6 Å². The monoisotopic (exact) mass is 137 g/mol. The predicted molar refractivity (Wildman–Crippen MR) is 35.6 cm³/mol. The van der Waals surface area contributed by atoms with Crippen LogP contribution < -0.4 is 5.23 Å². The molecule has 0 aromatic carbocycles. The molecule has 1 N–H and O–H groups in total. The molecule has 0 atom stereocenters. The Balaban J connectivity index is 2.59. The summed E-state index contributed by atoms with van der Waals surface area (Å²) in [7, 11) is 1.53. The smallest absolute Gasteiger partial charge is 0.277 e. The van der Waals surface area contributed by atoms with E-state index in [0.29, 0.717) is 0 Å². The van der Waals surface area contributed by atoms with E-state index in [4.69, 9.17) is 0 Å². The molecule has 0 aliphatic rings. The van der Waals surface area contributed by atoms with E-state index in [2.05, 4.69) is 14.9 Å². The Morgan fingerprint density at radius 3 is 3.20 bits per heavy atom. The van der Waals surface area contributed by atoms with E-state index in [0.717, 1.165) is 0 Å². The number of aromatic nitrogens is 1. The van der Waals surface area contributed by atoms with Crippen LogP contribution in [0.5, 0.6) is 0 Å². The molecule has 1 aromatic heterocycles. The van der Waals surface area contributed by atoms with E-state index < -0.39 is 0 Å². The Morgan fingerprint density at radius 1 is 1.90 bits per heavy atom. The number of carbonyl (C=O) groups is 1. The molecule has 0 saturated heterocycles. The lowest BCUT2D eigenvalue weighted by atomic mass is 10.0. The molecule has 1 amide bonds. The van der Waals surface area contributed by atoms with Crippen molar-refractivity contribution < 1.29 is 9.32 Å². The zero-order valence-electron chi connectivity index (χ0n) is 5.50. The molecule has 4 nitrogen and oxygen atoms in total. The van der Waals surface area contributed by atoms with Gasteiger partial charge in [0.15, 0.2) is 0 Å². The van der Waals surface area contributed by atoms with Crippen LogP contribution >= 0.6 is 0 Å². The van der Waals surface area contributed by atoms with Gasteiger partial charge in [-0.1, -0.05) is 12.0 Å². The molecule has 10 heavy (non-hydrogen) atoms. The van der Waals surface area contributed by atoms with Gasteiger partial charge in [0.1, 0.15) is 0 Å². The van der Waals surface area contributed by atoms with Crippen molar-refractivity contribution in [3.8, 4) is 0 Å². The van der Waals surface area contributed by atoms with Crippen LogP contribution in [0.4, 0.5) is 0 Å². The molecule has 51 valence electrons. The maximum Gasteiger partial charge on any atom is 0.277 e. The molecule has 0 spiro atoms. The standard InChI is InChI=1S/C5H6BN2O2/c1-6-8-5(9)4-2-3-7-10-4/h2-3H,1H3,(H,8,9). The first kappa shape index (κ1) is 6.86. The van der Waals surface area contributed by atoms with Crippen molar-refractivity contribution in [1.29, 1.82) is 0 Å². The molecule has 1 radical (unpaired) electrons. The highest BCUT2D eigenvalue weighted by molar-refractivity contribution is 6.36. The normalized spacial score (nSPS) is 8.90. The quantitative estimate of drug-likeness (QED) is 0.586. The van der Waals surface area contributed by atoms with Crippen LogP contribution in [-0.2, 0) is 0 Å². The largest absolute Gasteiger partial charge is 0.397 e. The van der Waals surface area contributed by atoms with Gasteiger partial charge in [-0.05, 0) is 0 Å². The molecule has 1 aromatic rings. The van der Waals surface area contributed by atoms with Gasteiger partial charge >= 0.3 is 0 Å². The Bertz CT molecular complexity index is 209. The highest BCUT2D eigenvalue weighted by Gasteiger charge is 2.06. The maximum atomic E-state index is 10.8. The molecule has 1 rings (SSSR count). The molecule has 0 aliphatic heterocycles. The molecule has 1 heterocycles. The number of nitrogens with zero attached hydrogens (tertiary/aromatic N) is 1. The number of nitrogens with one attached hydrogen (secondary N) is 1. The van der Waals surface area contributed by atoms with Crippen molar-refractivity contribution in [2.75, 3.05) is 0 Å². The van der Waals surface area contributed by atoms with E-state index in [1.54, 1.807) is 6.82 Å². The highest BCUT2D eigenvalue weighted by atomic mass is 16.5. The molecular weight excluding hydrogens is 131 g/mol. The van der Waals surface area contributed by atoms with Gasteiger partial charge in [-0.25, -0.2) is 0 Å². The fraction of sp³-hybridized carbons (Fsp3) is 0.200. The van der Waals surface area contributed by atoms with E-state index in [9.17, 15) is 4.79 Å². The van der Waals surface area contributed by atoms with Crippen LogP contribution in [-0.4, -0.2) is 18.5 Å². The van der Waals surface area contributed by atoms with Gasteiger partial charge in [-0.2, -0.15) is 0 Å². The van der Waals surface area contributed by atoms with Crippen molar-refractivity contribution in [2.45, 2.75) is 6.82 Å². The Morgan fingerprint density at radius 2 is 2.70 bits per heavy atom. The van der Waals surface area contributed by atoms with Crippen molar-refractivity contribution in [3.05, 3.63) is 18.0 Å². The fourth-order valence-electron chi connectivity index (χ4n) is 0.535. The number of rotatable bonds is 2. The summed E-state index contributed by atoms with van der Waals surface area (Å²) in [6, 6.07) is 1.50. The molecule has 0 fully saturated rings. The zero-order valence-corrected chi connectivity index (χ0v) is 5.50. The minimum atomic E-state index is -0.278. The van der Waals surface area contributed by atoms with Gasteiger partial charge in [0.2, 0.25) is 13.2 Å². The van der Waals surface area contributed by atoms with Crippen molar-refractivity contribution in [1.82, 2.24) is 10.4 Å². The molecule has 0 saturated carbocycles. The minimum Gasteiger partial charge on any atom is -0.397 e. The number of hydrogen-bond acceptors (Lipinski definition) is 3. The van der Waals surface area contributed by atoms with Crippen molar-refractivity contribution >= 4 is 13.3 Å². The van der Waals surface area contributed by atoms with Gasteiger partial charge < -0.3 is 9.75 Å². The Labute approximate surface area is 58.8 Å². The second-order valence-electron chi connectivity index (χ2n) is 1.64. The van der Waals surface area contributed by atoms with Crippen LogP contribution in [0.15, 0.2) is 16.8 Å². The average Bonchev–Trinajstić information content (AvgIpc) is 2.38. The third-order valence-electron chi connectivity index (χ3n) is 0.937. The van der Waals surface area contributed by atoms with Crippen molar-refractivity contribution in [2.24, 2.45) is 0 Å². The summed E-state index contributed by atoms with van der Waals surface area (Å²) >= 11 is 0. The van der Waals surface area contributed by atoms with Crippen LogP contribution in [0.25, 0.3) is 0 Å². The van der Waals surface area contributed by atoms with Gasteiger partial charge in [-0.3, -0.25) is 4.79 Å². The first-order valence-corrected chi connectivity index (χ1v) is 2.84. The lowest BCUT2D eigenvalue weighted by Gasteiger charge is -1.92. The van der Waals surface area contributed by atoms with E-state index >= 15 is 0 Å². The highest BCUT2D eigenvalue weighted by Crippen LogP contribution is 1.94. The summed E-state index contributed by atoms with van der Waals surface area (Å²) in [6.45, 7) is 1.72.